The number of benzene rings is 3. The fourth-order valence-corrected chi connectivity index (χ4v) is 4.02. The molecule has 0 unspecified atom stereocenters. The van der Waals surface area contributed by atoms with Gasteiger partial charge in [-0.15, -0.1) is 0 Å². The quantitative estimate of drug-likeness (QED) is 0.286. The fraction of sp³-hybridized carbons (Fsp3) is 0.276. The molecule has 2 amide bonds. The van der Waals surface area contributed by atoms with Gasteiger partial charge < -0.3 is 10.4 Å². The van der Waals surface area contributed by atoms with Gasteiger partial charge >= 0.3 is 12.0 Å². The van der Waals surface area contributed by atoms with E-state index in [0.717, 1.165) is 27.7 Å². The second-order valence-corrected chi connectivity index (χ2v) is 10.7. The Morgan fingerprint density at radius 1 is 0.889 bits per heavy atom. The Balaban J connectivity index is 1.66. The van der Waals surface area contributed by atoms with Crippen molar-refractivity contribution in [1.29, 1.82) is 0 Å². The Kier molecular flexibility index (Phi) is 6.59. The summed E-state index contributed by atoms with van der Waals surface area (Å²) in [7, 11) is 0. The van der Waals surface area contributed by atoms with Crippen LogP contribution in [0.4, 0.5) is 16.3 Å². The molecular formula is C29H32N4O3. The van der Waals surface area contributed by atoms with E-state index in [4.69, 9.17) is 5.10 Å². The summed E-state index contributed by atoms with van der Waals surface area (Å²) in [5, 5.41) is 22.2. The van der Waals surface area contributed by atoms with E-state index < -0.39 is 11.4 Å². The topological polar surface area (TPSA) is 96.3 Å². The van der Waals surface area contributed by atoms with E-state index in [2.05, 4.69) is 31.4 Å². The minimum Gasteiger partial charge on any atom is -0.481 e. The van der Waals surface area contributed by atoms with Gasteiger partial charge in [-0.2, -0.15) is 5.10 Å². The number of fused-ring (bicyclic) bond motifs is 1. The van der Waals surface area contributed by atoms with Crippen LogP contribution in [-0.2, 0) is 16.6 Å². The molecule has 1 aromatic heterocycles. The molecule has 0 saturated heterocycles. The number of carbonyl (C=O) groups excluding carboxylic acids is 1. The number of urea groups is 1. The molecule has 7 heteroatoms. The van der Waals surface area contributed by atoms with E-state index in [9.17, 15) is 14.7 Å². The van der Waals surface area contributed by atoms with Gasteiger partial charge in [0.1, 0.15) is 5.82 Å². The Morgan fingerprint density at radius 3 is 2.31 bits per heavy atom. The molecule has 3 N–H and O–H groups in total. The van der Waals surface area contributed by atoms with Crippen LogP contribution in [0.3, 0.4) is 0 Å². The number of nitrogens with zero attached hydrogens (tertiary/aromatic N) is 2. The molecule has 0 spiro atoms. The zero-order chi connectivity index (χ0) is 26.1. The highest BCUT2D eigenvalue weighted by atomic mass is 16.4. The van der Waals surface area contributed by atoms with E-state index in [-0.39, 0.29) is 11.4 Å². The number of anilines is 2. The van der Waals surface area contributed by atoms with Gasteiger partial charge in [-0.1, -0.05) is 69.3 Å². The third-order valence-electron chi connectivity index (χ3n) is 6.14. The molecule has 4 rings (SSSR count). The number of carboxylic acid groups (broad SMARTS) is 1. The first kappa shape index (κ1) is 25.0. The van der Waals surface area contributed by atoms with Crippen molar-refractivity contribution in [3.05, 3.63) is 84.1 Å². The normalized spacial score (nSPS) is 11.9. The molecule has 0 fully saturated rings. The standard InChI is InChI=1S/C29H32N4O3/c1-28(2,3)24-17-25(31-27(36)30-23-15-9-12-20-11-6-7-14-22(20)23)33(32-24)21-13-8-10-19(16-21)18-29(4,5)26(34)35/h6-17H,18H2,1-5H3,(H,34,35)(H2,30,31,36). The number of hydrogen-bond acceptors (Lipinski definition) is 3. The molecule has 4 aromatic rings. The zero-order valence-electron chi connectivity index (χ0n) is 21.3. The molecule has 0 aliphatic rings. The van der Waals surface area contributed by atoms with Gasteiger partial charge in [0, 0.05) is 16.9 Å². The van der Waals surface area contributed by atoms with Crippen LogP contribution < -0.4 is 10.6 Å². The number of nitrogens with one attached hydrogen (secondary N) is 2. The van der Waals surface area contributed by atoms with Crippen molar-refractivity contribution in [2.75, 3.05) is 10.6 Å². The Labute approximate surface area is 211 Å². The first-order valence-corrected chi connectivity index (χ1v) is 11.9. The number of aromatic nitrogens is 2. The van der Waals surface area contributed by atoms with Crippen molar-refractivity contribution in [3.63, 3.8) is 0 Å². The SMILES string of the molecule is CC(C)(Cc1cccc(-n2nc(C(C)(C)C)cc2NC(=O)Nc2cccc3ccccc23)c1)C(=O)O. The minimum atomic E-state index is -0.904. The summed E-state index contributed by atoms with van der Waals surface area (Å²) in [4.78, 5) is 24.7. The average Bonchev–Trinajstić information content (AvgIpc) is 3.23. The van der Waals surface area contributed by atoms with Crippen molar-refractivity contribution in [3.8, 4) is 5.69 Å². The summed E-state index contributed by atoms with van der Waals surface area (Å²) < 4.78 is 1.69. The molecule has 0 atom stereocenters. The molecule has 0 saturated carbocycles. The van der Waals surface area contributed by atoms with Crippen LogP contribution in [-0.4, -0.2) is 26.9 Å². The third-order valence-corrected chi connectivity index (χ3v) is 6.14. The van der Waals surface area contributed by atoms with Crippen molar-refractivity contribution in [2.45, 2.75) is 46.5 Å². The summed E-state index contributed by atoms with van der Waals surface area (Å²) in [6.45, 7) is 9.60. The zero-order valence-corrected chi connectivity index (χ0v) is 21.3. The number of rotatable bonds is 6. The summed E-state index contributed by atoms with van der Waals surface area (Å²) in [6, 6.07) is 22.7. The maximum Gasteiger partial charge on any atom is 0.324 e. The lowest BCUT2D eigenvalue weighted by Crippen LogP contribution is -2.26. The Morgan fingerprint density at radius 2 is 1.58 bits per heavy atom. The van der Waals surface area contributed by atoms with E-state index in [1.807, 2.05) is 72.8 Å². The van der Waals surface area contributed by atoms with Gasteiger partial charge in [0.25, 0.3) is 0 Å². The lowest BCUT2D eigenvalue weighted by molar-refractivity contribution is -0.146. The number of aliphatic carboxylic acids is 1. The van der Waals surface area contributed by atoms with Crippen LogP contribution in [0, 0.1) is 5.41 Å². The van der Waals surface area contributed by atoms with Gasteiger partial charge in [-0.05, 0) is 49.4 Å². The van der Waals surface area contributed by atoms with Crippen LogP contribution in [0.5, 0.6) is 0 Å². The predicted octanol–water partition coefficient (Wildman–Crippen LogP) is 6.62. The fourth-order valence-electron chi connectivity index (χ4n) is 4.02. The first-order chi connectivity index (χ1) is 16.9. The van der Waals surface area contributed by atoms with Crippen molar-refractivity contribution >= 4 is 34.3 Å². The maximum atomic E-state index is 13.1. The van der Waals surface area contributed by atoms with Gasteiger partial charge in [0.05, 0.1) is 22.5 Å². The van der Waals surface area contributed by atoms with E-state index in [1.54, 1.807) is 18.5 Å². The van der Waals surface area contributed by atoms with Crippen LogP contribution in [0.15, 0.2) is 72.8 Å². The molecule has 0 radical (unpaired) electrons. The maximum absolute atomic E-state index is 13.1. The van der Waals surface area contributed by atoms with Crippen LogP contribution in [0.1, 0.15) is 45.9 Å². The first-order valence-electron chi connectivity index (χ1n) is 11.9. The van der Waals surface area contributed by atoms with E-state index in [0.29, 0.717) is 17.9 Å². The predicted molar refractivity (Wildman–Crippen MR) is 144 cm³/mol. The van der Waals surface area contributed by atoms with Crippen molar-refractivity contribution in [1.82, 2.24) is 9.78 Å². The van der Waals surface area contributed by atoms with E-state index >= 15 is 0 Å². The highest BCUT2D eigenvalue weighted by molar-refractivity contribution is 6.06. The number of carbonyl (C=O) groups is 2. The Hall–Kier alpha value is -4.13. The molecule has 36 heavy (non-hydrogen) atoms. The van der Waals surface area contributed by atoms with Crippen LogP contribution in [0.2, 0.25) is 0 Å². The largest absolute Gasteiger partial charge is 0.481 e. The summed E-state index contributed by atoms with van der Waals surface area (Å²) >= 11 is 0. The average molecular weight is 485 g/mol. The van der Waals surface area contributed by atoms with Crippen molar-refractivity contribution in [2.24, 2.45) is 5.41 Å². The number of amides is 2. The minimum absolute atomic E-state index is 0.239. The second kappa shape index (κ2) is 9.49. The smallest absolute Gasteiger partial charge is 0.324 e. The van der Waals surface area contributed by atoms with Crippen molar-refractivity contribution < 1.29 is 14.7 Å². The van der Waals surface area contributed by atoms with Crippen LogP contribution >= 0.6 is 0 Å². The van der Waals surface area contributed by atoms with Gasteiger partial charge in [-0.25, -0.2) is 9.48 Å². The van der Waals surface area contributed by atoms with Gasteiger partial charge in [0.2, 0.25) is 0 Å². The molecular weight excluding hydrogens is 452 g/mol. The molecule has 0 bridgehead atoms. The Bertz CT molecular complexity index is 1420. The molecule has 186 valence electrons. The van der Waals surface area contributed by atoms with Gasteiger partial charge in [0.15, 0.2) is 0 Å². The second-order valence-electron chi connectivity index (χ2n) is 10.7. The highest BCUT2D eigenvalue weighted by Gasteiger charge is 2.28. The molecule has 7 nitrogen and oxygen atoms in total. The third kappa shape index (κ3) is 5.40. The number of carboxylic acids is 1. The van der Waals surface area contributed by atoms with E-state index in [1.165, 1.54) is 0 Å². The molecule has 3 aromatic carbocycles. The van der Waals surface area contributed by atoms with Crippen LogP contribution in [0.25, 0.3) is 16.5 Å². The summed E-state index contributed by atoms with van der Waals surface area (Å²) in [6.07, 6.45) is 0.369. The molecule has 0 aliphatic carbocycles. The molecule has 0 aliphatic heterocycles. The summed E-state index contributed by atoms with van der Waals surface area (Å²) in [5.41, 5.74) is 2.00. The van der Waals surface area contributed by atoms with Gasteiger partial charge in [-0.3, -0.25) is 10.1 Å². The lowest BCUT2D eigenvalue weighted by atomic mass is 9.86. The highest BCUT2D eigenvalue weighted by Crippen LogP contribution is 2.29. The number of hydrogen-bond donors (Lipinski definition) is 3. The monoisotopic (exact) mass is 484 g/mol. The summed E-state index contributed by atoms with van der Waals surface area (Å²) in [5.74, 6) is -0.332. The lowest BCUT2D eigenvalue weighted by Gasteiger charge is -2.19. The molecule has 1 heterocycles.